The van der Waals surface area contributed by atoms with Crippen LogP contribution in [0, 0.1) is 19.8 Å². The number of hydroxylamine groups is 1. The SMILES string of the molecule is Cc1nc(CNOCC(C)C)oc1C. The van der Waals surface area contributed by atoms with Crippen LogP contribution in [-0.4, -0.2) is 11.6 Å². The molecule has 14 heavy (non-hydrogen) atoms. The minimum absolute atomic E-state index is 0.515. The highest BCUT2D eigenvalue weighted by atomic mass is 16.6. The number of aryl methyl sites for hydroxylation is 2. The topological polar surface area (TPSA) is 47.3 Å². The van der Waals surface area contributed by atoms with Crippen LogP contribution in [-0.2, 0) is 11.4 Å². The summed E-state index contributed by atoms with van der Waals surface area (Å²) in [5.41, 5.74) is 3.75. The zero-order chi connectivity index (χ0) is 10.6. The molecule has 1 aromatic heterocycles. The second-order valence-electron chi connectivity index (χ2n) is 3.78. The Morgan fingerprint density at radius 2 is 2.14 bits per heavy atom. The van der Waals surface area contributed by atoms with Gasteiger partial charge >= 0.3 is 0 Å². The Morgan fingerprint density at radius 3 is 2.64 bits per heavy atom. The van der Waals surface area contributed by atoms with Gasteiger partial charge in [0.05, 0.1) is 18.8 Å². The summed E-state index contributed by atoms with van der Waals surface area (Å²) in [6, 6.07) is 0. The minimum atomic E-state index is 0.515. The van der Waals surface area contributed by atoms with E-state index in [1.54, 1.807) is 0 Å². The van der Waals surface area contributed by atoms with Gasteiger partial charge in [0.25, 0.3) is 0 Å². The molecule has 0 saturated carbocycles. The molecule has 0 saturated heterocycles. The molecular formula is C10H18N2O2. The normalized spacial score (nSPS) is 11.2. The van der Waals surface area contributed by atoms with E-state index in [9.17, 15) is 0 Å². The first-order valence-corrected chi connectivity index (χ1v) is 4.87. The first-order chi connectivity index (χ1) is 6.59. The van der Waals surface area contributed by atoms with Gasteiger partial charge in [0.15, 0.2) is 0 Å². The second kappa shape index (κ2) is 5.12. The standard InChI is InChI=1S/C10H18N2O2/c1-7(2)6-13-11-5-10-12-8(3)9(4)14-10/h7,11H,5-6H2,1-4H3. The van der Waals surface area contributed by atoms with E-state index in [0.29, 0.717) is 25.0 Å². The van der Waals surface area contributed by atoms with Crippen molar-refractivity contribution in [3.63, 3.8) is 0 Å². The third-order valence-electron chi connectivity index (χ3n) is 1.81. The zero-order valence-electron chi connectivity index (χ0n) is 9.26. The van der Waals surface area contributed by atoms with Gasteiger partial charge in [-0.2, -0.15) is 5.48 Å². The van der Waals surface area contributed by atoms with E-state index in [1.807, 2.05) is 13.8 Å². The largest absolute Gasteiger partial charge is 0.444 e. The van der Waals surface area contributed by atoms with Crippen LogP contribution < -0.4 is 5.48 Å². The average molecular weight is 198 g/mol. The number of nitrogens with one attached hydrogen (secondary N) is 1. The fourth-order valence-corrected chi connectivity index (χ4v) is 0.953. The molecule has 1 heterocycles. The predicted octanol–water partition coefficient (Wildman–Crippen LogP) is 1.97. The van der Waals surface area contributed by atoms with E-state index >= 15 is 0 Å². The van der Waals surface area contributed by atoms with E-state index in [-0.39, 0.29) is 0 Å². The summed E-state index contributed by atoms with van der Waals surface area (Å²) in [5.74, 6) is 2.06. The molecule has 0 fully saturated rings. The zero-order valence-corrected chi connectivity index (χ0v) is 9.26. The fourth-order valence-electron chi connectivity index (χ4n) is 0.953. The number of hydrogen-bond acceptors (Lipinski definition) is 4. The molecule has 0 unspecified atom stereocenters. The Labute approximate surface area is 84.6 Å². The molecule has 0 aromatic carbocycles. The van der Waals surface area contributed by atoms with Crippen molar-refractivity contribution in [2.75, 3.05) is 6.61 Å². The molecule has 0 aliphatic carbocycles. The van der Waals surface area contributed by atoms with Crippen LogP contribution >= 0.6 is 0 Å². The molecule has 1 aromatic rings. The van der Waals surface area contributed by atoms with Crippen LogP contribution in [0.4, 0.5) is 0 Å². The van der Waals surface area contributed by atoms with E-state index < -0.39 is 0 Å². The second-order valence-corrected chi connectivity index (χ2v) is 3.78. The maximum absolute atomic E-state index is 5.37. The van der Waals surface area contributed by atoms with Crippen LogP contribution in [0.3, 0.4) is 0 Å². The molecule has 0 aliphatic rings. The molecule has 80 valence electrons. The maximum atomic E-state index is 5.37. The van der Waals surface area contributed by atoms with Gasteiger partial charge < -0.3 is 9.25 Å². The lowest BCUT2D eigenvalue weighted by molar-refractivity contribution is 0.0156. The molecule has 0 atom stereocenters. The van der Waals surface area contributed by atoms with Crippen molar-refractivity contribution in [2.24, 2.45) is 5.92 Å². The van der Waals surface area contributed by atoms with Crippen molar-refractivity contribution in [1.82, 2.24) is 10.5 Å². The molecule has 4 nitrogen and oxygen atoms in total. The van der Waals surface area contributed by atoms with Gasteiger partial charge in [0.2, 0.25) is 5.89 Å². The molecule has 0 bridgehead atoms. The van der Waals surface area contributed by atoms with Gasteiger partial charge in [-0.25, -0.2) is 4.98 Å². The van der Waals surface area contributed by atoms with Crippen molar-refractivity contribution < 1.29 is 9.25 Å². The molecule has 1 N–H and O–H groups in total. The predicted molar refractivity (Wildman–Crippen MR) is 53.6 cm³/mol. The van der Waals surface area contributed by atoms with E-state index in [0.717, 1.165) is 11.5 Å². The van der Waals surface area contributed by atoms with Gasteiger partial charge in [-0.3, -0.25) is 0 Å². The summed E-state index contributed by atoms with van der Waals surface area (Å²) in [5, 5.41) is 0. The summed E-state index contributed by atoms with van der Waals surface area (Å²) >= 11 is 0. The van der Waals surface area contributed by atoms with Gasteiger partial charge in [0, 0.05) is 0 Å². The molecule has 0 spiro atoms. The van der Waals surface area contributed by atoms with Crippen LogP contribution in [0.15, 0.2) is 4.42 Å². The lowest BCUT2D eigenvalue weighted by Gasteiger charge is -2.05. The van der Waals surface area contributed by atoms with Crippen molar-refractivity contribution in [3.05, 3.63) is 17.3 Å². The number of nitrogens with zero attached hydrogens (tertiary/aromatic N) is 1. The van der Waals surface area contributed by atoms with Crippen molar-refractivity contribution in [3.8, 4) is 0 Å². The average Bonchev–Trinajstić information content (AvgIpc) is 2.40. The smallest absolute Gasteiger partial charge is 0.210 e. The summed E-state index contributed by atoms with van der Waals surface area (Å²) in [7, 11) is 0. The van der Waals surface area contributed by atoms with Crippen LogP contribution in [0.2, 0.25) is 0 Å². The summed E-state index contributed by atoms with van der Waals surface area (Å²) in [6.07, 6.45) is 0. The van der Waals surface area contributed by atoms with Crippen molar-refractivity contribution in [1.29, 1.82) is 0 Å². The number of aromatic nitrogens is 1. The minimum Gasteiger partial charge on any atom is -0.444 e. The Hall–Kier alpha value is -0.870. The highest BCUT2D eigenvalue weighted by Crippen LogP contribution is 2.07. The number of rotatable bonds is 5. The summed E-state index contributed by atoms with van der Waals surface area (Å²) in [4.78, 5) is 9.42. The first-order valence-electron chi connectivity index (χ1n) is 4.87. The van der Waals surface area contributed by atoms with Crippen LogP contribution in [0.5, 0.6) is 0 Å². The number of oxazole rings is 1. The first kappa shape index (κ1) is 11.2. The van der Waals surface area contributed by atoms with Gasteiger partial charge in [-0.1, -0.05) is 13.8 Å². The van der Waals surface area contributed by atoms with Crippen molar-refractivity contribution in [2.45, 2.75) is 34.2 Å². The maximum Gasteiger partial charge on any atom is 0.210 e. The van der Waals surface area contributed by atoms with E-state index in [4.69, 9.17) is 9.25 Å². The lowest BCUT2D eigenvalue weighted by atomic mass is 10.2. The van der Waals surface area contributed by atoms with E-state index in [2.05, 4.69) is 24.3 Å². The molecule has 0 radical (unpaired) electrons. The molecule has 0 amide bonds. The quantitative estimate of drug-likeness (QED) is 0.580. The third-order valence-corrected chi connectivity index (χ3v) is 1.81. The summed E-state index contributed by atoms with van der Waals surface area (Å²) < 4.78 is 5.37. The Kier molecular flexibility index (Phi) is 4.10. The van der Waals surface area contributed by atoms with Gasteiger partial charge in [-0.05, 0) is 19.8 Å². The lowest BCUT2D eigenvalue weighted by Crippen LogP contribution is -2.17. The van der Waals surface area contributed by atoms with Crippen LogP contribution in [0.25, 0.3) is 0 Å². The molecule has 1 rings (SSSR count). The Balaban J connectivity index is 2.25. The molecule has 0 aliphatic heterocycles. The Bertz CT molecular complexity index is 262. The van der Waals surface area contributed by atoms with E-state index in [1.165, 1.54) is 0 Å². The summed E-state index contributed by atoms with van der Waals surface area (Å²) in [6.45, 7) is 9.24. The Morgan fingerprint density at radius 1 is 1.43 bits per heavy atom. The third kappa shape index (κ3) is 3.47. The van der Waals surface area contributed by atoms with Crippen LogP contribution in [0.1, 0.15) is 31.2 Å². The van der Waals surface area contributed by atoms with Crippen molar-refractivity contribution >= 4 is 0 Å². The number of hydrogen-bond donors (Lipinski definition) is 1. The van der Waals surface area contributed by atoms with Gasteiger partial charge in [0.1, 0.15) is 5.76 Å². The highest BCUT2D eigenvalue weighted by molar-refractivity contribution is 5.04. The fraction of sp³-hybridized carbons (Fsp3) is 0.700. The monoisotopic (exact) mass is 198 g/mol. The molecular weight excluding hydrogens is 180 g/mol. The van der Waals surface area contributed by atoms with Gasteiger partial charge in [-0.15, -0.1) is 0 Å². The molecule has 4 heteroatoms. The highest BCUT2D eigenvalue weighted by Gasteiger charge is 2.04.